The number of nitrogens with zero attached hydrogens (tertiary/aromatic N) is 2. The van der Waals surface area contributed by atoms with Crippen molar-refractivity contribution in [1.29, 1.82) is 0 Å². The molecule has 1 fully saturated rings. The number of oxazole rings is 1. The lowest BCUT2D eigenvalue weighted by molar-refractivity contribution is 0.0918. The fraction of sp³-hybridized carbons (Fsp3) is 0.692. The van der Waals surface area contributed by atoms with Crippen LogP contribution >= 0.6 is 0 Å². The van der Waals surface area contributed by atoms with Crippen molar-refractivity contribution < 1.29 is 17.6 Å². The van der Waals surface area contributed by atoms with E-state index in [0.717, 1.165) is 0 Å². The fourth-order valence-corrected chi connectivity index (χ4v) is 3.98. The maximum Gasteiger partial charge on any atom is 0.273 e. The van der Waals surface area contributed by atoms with Crippen LogP contribution in [0.2, 0.25) is 0 Å². The van der Waals surface area contributed by atoms with Crippen molar-refractivity contribution >= 4 is 15.9 Å². The maximum absolute atomic E-state index is 12.0. The molecule has 2 heterocycles. The van der Waals surface area contributed by atoms with E-state index in [1.54, 1.807) is 6.92 Å². The van der Waals surface area contributed by atoms with Crippen LogP contribution in [0, 0.1) is 6.92 Å². The molecule has 0 bridgehead atoms. The van der Waals surface area contributed by atoms with Gasteiger partial charge in [0.15, 0.2) is 12.1 Å². The first kappa shape index (κ1) is 16.0. The van der Waals surface area contributed by atoms with Gasteiger partial charge in [-0.25, -0.2) is 17.7 Å². The topological polar surface area (TPSA) is 92.5 Å². The molecule has 0 radical (unpaired) electrons. The third kappa shape index (κ3) is 3.82. The van der Waals surface area contributed by atoms with Crippen molar-refractivity contribution in [3.8, 4) is 0 Å². The van der Waals surface area contributed by atoms with Crippen LogP contribution in [0.5, 0.6) is 0 Å². The first-order valence-electron chi connectivity index (χ1n) is 7.13. The highest BCUT2D eigenvalue weighted by atomic mass is 32.2. The molecular weight excluding hydrogens is 294 g/mol. The van der Waals surface area contributed by atoms with Crippen molar-refractivity contribution in [3.63, 3.8) is 0 Å². The normalized spacial score (nSPS) is 17.8. The van der Waals surface area contributed by atoms with Gasteiger partial charge >= 0.3 is 0 Å². The molecule has 0 aliphatic carbocycles. The average Bonchev–Trinajstić information content (AvgIpc) is 2.85. The van der Waals surface area contributed by atoms with Gasteiger partial charge in [0.25, 0.3) is 5.91 Å². The van der Waals surface area contributed by atoms with Gasteiger partial charge in [-0.3, -0.25) is 4.79 Å². The lowest BCUT2D eigenvalue weighted by Gasteiger charge is -2.31. The number of amides is 1. The summed E-state index contributed by atoms with van der Waals surface area (Å²) in [6.45, 7) is 4.43. The smallest absolute Gasteiger partial charge is 0.273 e. The highest BCUT2D eigenvalue weighted by Crippen LogP contribution is 2.16. The molecule has 0 unspecified atom stereocenters. The van der Waals surface area contributed by atoms with Gasteiger partial charge in [0.2, 0.25) is 10.0 Å². The van der Waals surface area contributed by atoms with Crippen LogP contribution in [-0.2, 0) is 10.0 Å². The molecule has 1 amide bonds. The summed E-state index contributed by atoms with van der Waals surface area (Å²) in [7, 11) is -3.14. The highest BCUT2D eigenvalue weighted by molar-refractivity contribution is 7.89. The molecule has 0 aromatic carbocycles. The van der Waals surface area contributed by atoms with Gasteiger partial charge in [0.05, 0.1) is 5.75 Å². The maximum atomic E-state index is 12.0. The second-order valence-electron chi connectivity index (χ2n) is 5.22. The Balaban J connectivity index is 1.87. The molecule has 1 aliphatic heterocycles. The molecule has 8 heteroatoms. The van der Waals surface area contributed by atoms with Crippen LogP contribution in [0.15, 0.2) is 10.8 Å². The van der Waals surface area contributed by atoms with E-state index in [0.29, 0.717) is 38.1 Å². The zero-order valence-corrected chi connectivity index (χ0v) is 13.1. The van der Waals surface area contributed by atoms with E-state index in [1.165, 1.54) is 10.7 Å². The number of sulfonamides is 1. The summed E-state index contributed by atoms with van der Waals surface area (Å²) in [4.78, 5) is 15.9. The van der Waals surface area contributed by atoms with Crippen molar-refractivity contribution in [1.82, 2.24) is 14.6 Å². The molecule has 1 N–H and O–H groups in total. The minimum absolute atomic E-state index is 0.0262. The minimum atomic E-state index is -3.14. The van der Waals surface area contributed by atoms with Crippen LogP contribution in [0.1, 0.15) is 42.4 Å². The van der Waals surface area contributed by atoms with E-state index in [4.69, 9.17) is 4.42 Å². The molecule has 1 aromatic heterocycles. The van der Waals surface area contributed by atoms with E-state index in [-0.39, 0.29) is 23.4 Å². The summed E-state index contributed by atoms with van der Waals surface area (Å²) >= 11 is 0. The predicted molar refractivity (Wildman–Crippen MR) is 77.4 cm³/mol. The third-order valence-electron chi connectivity index (χ3n) is 3.60. The molecule has 118 valence electrons. The summed E-state index contributed by atoms with van der Waals surface area (Å²) in [6, 6.07) is -0.0262. The monoisotopic (exact) mass is 315 g/mol. The molecular formula is C13H21N3O4S. The van der Waals surface area contributed by atoms with Crippen LogP contribution in [0.3, 0.4) is 0 Å². The quantitative estimate of drug-likeness (QED) is 0.872. The van der Waals surface area contributed by atoms with E-state index in [9.17, 15) is 13.2 Å². The number of aromatic nitrogens is 1. The van der Waals surface area contributed by atoms with Gasteiger partial charge in [-0.05, 0) is 26.2 Å². The zero-order chi connectivity index (χ0) is 15.5. The fourth-order valence-electron chi connectivity index (χ4n) is 2.44. The second-order valence-corrected chi connectivity index (χ2v) is 7.31. The van der Waals surface area contributed by atoms with E-state index >= 15 is 0 Å². The summed E-state index contributed by atoms with van der Waals surface area (Å²) in [6.07, 6.45) is 3.09. The number of carbonyl (C=O) groups excluding carboxylic acids is 1. The molecule has 1 saturated heterocycles. The number of nitrogens with one attached hydrogen (secondary N) is 1. The Bertz CT molecular complexity index is 588. The number of rotatable bonds is 5. The lowest BCUT2D eigenvalue weighted by atomic mass is 10.1. The Kier molecular flexibility index (Phi) is 5.00. The predicted octanol–water partition coefficient (Wildman–Crippen LogP) is 0.917. The Labute approximate surface area is 124 Å². The lowest BCUT2D eigenvalue weighted by Crippen LogP contribution is -2.47. The Hall–Kier alpha value is -1.41. The number of hydrogen-bond acceptors (Lipinski definition) is 5. The number of hydrogen-bond donors (Lipinski definition) is 1. The van der Waals surface area contributed by atoms with Crippen molar-refractivity contribution in [2.75, 3.05) is 18.8 Å². The first-order chi connectivity index (χ1) is 9.94. The van der Waals surface area contributed by atoms with E-state index in [2.05, 4.69) is 10.3 Å². The Morgan fingerprint density at radius 3 is 2.67 bits per heavy atom. The molecule has 2 rings (SSSR count). The molecule has 1 aromatic rings. The van der Waals surface area contributed by atoms with Crippen molar-refractivity contribution in [2.24, 2.45) is 0 Å². The molecule has 0 spiro atoms. The van der Waals surface area contributed by atoms with Gasteiger partial charge in [-0.2, -0.15) is 0 Å². The van der Waals surface area contributed by atoms with Crippen LogP contribution < -0.4 is 5.32 Å². The van der Waals surface area contributed by atoms with Gasteiger partial charge in [-0.15, -0.1) is 0 Å². The SMILES string of the molecule is CCCS(=O)(=O)N1CCC(NC(=O)c2ncoc2C)CC1. The number of aryl methyl sites for hydroxylation is 1. The van der Waals surface area contributed by atoms with Gasteiger partial charge in [-0.1, -0.05) is 6.92 Å². The Morgan fingerprint density at radius 2 is 2.14 bits per heavy atom. The first-order valence-corrected chi connectivity index (χ1v) is 8.73. The van der Waals surface area contributed by atoms with Crippen molar-refractivity contribution in [2.45, 2.75) is 39.2 Å². The van der Waals surface area contributed by atoms with E-state index < -0.39 is 10.0 Å². The van der Waals surface area contributed by atoms with Crippen LogP contribution in [0.25, 0.3) is 0 Å². The summed E-state index contributed by atoms with van der Waals surface area (Å²) < 4.78 is 30.4. The van der Waals surface area contributed by atoms with Gasteiger partial charge in [0.1, 0.15) is 5.76 Å². The molecule has 7 nitrogen and oxygen atoms in total. The summed E-state index contributed by atoms with van der Waals surface area (Å²) in [5, 5.41) is 2.88. The Morgan fingerprint density at radius 1 is 1.48 bits per heavy atom. The zero-order valence-electron chi connectivity index (χ0n) is 12.3. The minimum Gasteiger partial charge on any atom is -0.448 e. The second kappa shape index (κ2) is 6.57. The standard InChI is InChI=1S/C13H21N3O4S/c1-3-8-21(18,19)16-6-4-11(5-7-16)15-13(17)12-10(2)20-9-14-12/h9,11H,3-8H2,1-2H3,(H,15,17). The van der Waals surface area contributed by atoms with Crippen LogP contribution in [0.4, 0.5) is 0 Å². The van der Waals surface area contributed by atoms with Crippen molar-refractivity contribution in [3.05, 3.63) is 17.8 Å². The highest BCUT2D eigenvalue weighted by Gasteiger charge is 2.28. The summed E-state index contributed by atoms with van der Waals surface area (Å²) in [5.41, 5.74) is 0.288. The third-order valence-corrected chi connectivity index (χ3v) is 5.68. The molecule has 0 atom stereocenters. The molecule has 1 aliphatic rings. The number of piperidine rings is 1. The van der Waals surface area contributed by atoms with Gasteiger partial charge < -0.3 is 9.73 Å². The van der Waals surface area contributed by atoms with E-state index in [1.807, 2.05) is 6.92 Å². The summed E-state index contributed by atoms with van der Waals surface area (Å²) in [5.74, 6) is 0.397. The average molecular weight is 315 g/mol. The van der Waals surface area contributed by atoms with Crippen LogP contribution in [-0.4, -0.2) is 48.5 Å². The largest absolute Gasteiger partial charge is 0.448 e. The molecule has 0 saturated carbocycles. The number of carbonyl (C=O) groups is 1. The van der Waals surface area contributed by atoms with Gasteiger partial charge in [0, 0.05) is 19.1 Å². The molecule has 21 heavy (non-hydrogen) atoms.